The number of hydrogen-bond acceptors (Lipinski definition) is 2. The number of aromatic amines is 1. The van der Waals surface area contributed by atoms with Gasteiger partial charge in [-0.2, -0.15) is 0 Å². The van der Waals surface area contributed by atoms with E-state index >= 15 is 0 Å². The molecule has 3 rings (SSSR count). The van der Waals surface area contributed by atoms with E-state index in [1.54, 1.807) is 23.2 Å². The highest BCUT2D eigenvalue weighted by molar-refractivity contribution is 5.93. The molecular formula is C16H16N2O3. The third kappa shape index (κ3) is 2.54. The van der Waals surface area contributed by atoms with E-state index in [1.807, 2.05) is 30.3 Å². The van der Waals surface area contributed by atoms with Crippen LogP contribution >= 0.6 is 0 Å². The number of hydrogen-bond donors (Lipinski definition) is 2. The van der Waals surface area contributed by atoms with E-state index in [1.165, 1.54) is 0 Å². The fourth-order valence-electron chi connectivity index (χ4n) is 2.89. The van der Waals surface area contributed by atoms with E-state index in [2.05, 4.69) is 4.98 Å². The number of aliphatic carboxylic acids is 1. The number of nitrogens with one attached hydrogen (secondary N) is 1. The summed E-state index contributed by atoms with van der Waals surface area (Å²) in [7, 11) is 0. The van der Waals surface area contributed by atoms with Crippen molar-refractivity contribution in [2.75, 3.05) is 13.1 Å². The molecule has 1 aliphatic rings. The first-order chi connectivity index (χ1) is 10.2. The molecule has 0 radical (unpaired) electrons. The van der Waals surface area contributed by atoms with E-state index < -0.39 is 11.9 Å². The first-order valence-corrected chi connectivity index (χ1v) is 6.87. The van der Waals surface area contributed by atoms with Crippen LogP contribution in [0.3, 0.4) is 0 Å². The molecule has 2 atom stereocenters. The number of aromatic nitrogens is 1. The van der Waals surface area contributed by atoms with Gasteiger partial charge in [-0.3, -0.25) is 9.59 Å². The summed E-state index contributed by atoms with van der Waals surface area (Å²) < 4.78 is 0. The van der Waals surface area contributed by atoms with Gasteiger partial charge in [0.15, 0.2) is 0 Å². The average Bonchev–Trinajstić information content (AvgIpc) is 3.17. The predicted molar refractivity (Wildman–Crippen MR) is 77.0 cm³/mol. The molecule has 0 saturated carbocycles. The third-order valence-corrected chi connectivity index (χ3v) is 3.98. The molecule has 1 saturated heterocycles. The number of rotatable bonds is 3. The summed E-state index contributed by atoms with van der Waals surface area (Å²) in [5.74, 6) is -1.73. The third-order valence-electron chi connectivity index (χ3n) is 3.98. The summed E-state index contributed by atoms with van der Waals surface area (Å²) in [5, 5.41) is 9.43. The van der Waals surface area contributed by atoms with Gasteiger partial charge in [-0.05, 0) is 17.7 Å². The molecule has 0 bridgehead atoms. The molecule has 5 nitrogen and oxygen atoms in total. The number of H-pyrrole nitrogens is 1. The minimum atomic E-state index is -0.856. The molecule has 0 aliphatic carbocycles. The second-order valence-corrected chi connectivity index (χ2v) is 5.26. The molecule has 2 aromatic rings. The van der Waals surface area contributed by atoms with Crippen LogP contribution in [-0.4, -0.2) is 40.0 Å². The van der Waals surface area contributed by atoms with Crippen LogP contribution < -0.4 is 0 Å². The Bertz CT molecular complexity index is 637. The van der Waals surface area contributed by atoms with Crippen LogP contribution in [0.25, 0.3) is 0 Å². The molecule has 2 heterocycles. The Morgan fingerprint density at radius 1 is 1.10 bits per heavy atom. The highest BCUT2D eigenvalue weighted by atomic mass is 16.4. The lowest BCUT2D eigenvalue weighted by molar-refractivity contribution is -0.141. The number of carboxylic acid groups (broad SMARTS) is 1. The maximum atomic E-state index is 12.4. The molecule has 1 aromatic heterocycles. The molecule has 2 N–H and O–H groups in total. The molecule has 108 valence electrons. The Hall–Kier alpha value is -2.56. The topological polar surface area (TPSA) is 73.4 Å². The fraction of sp³-hybridized carbons (Fsp3) is 0.250. The standard InChI is InChI=1S/C16H16N2O3/c19-15(14-7-4-8-17-14)18-9-12(13(10-18)16(20)21)11-5-2-1-3-6-11/h1-8,12-13,17H,9-10H2,(H,20,21). The fourth-order valence-corrected chi connectivity index (χ4v) is 2.89. The second-order valence-electron chi connectivity index (χ2n) is 5.26. The molecule has 21 heavy (non-hydrogen) atoms. The van der Waals surface area contributed by atoms with Gasteiger partial charge in [-0.25, -0.2) is 0 Å². The van der Waals surface area contributed by atoms with E-state index in [9.17, 15) is 14.7 Å². The number of benzene rings is 1. The highest BCUT2D eigenvalue weighted by Crippen LogP contribution is 2.33. The number of likely N-dealkylation sites (tertiary alicyclic amines) is 1. The summed E-state index contributed by atoms with van der Waals surface area (Å²) in [4.78, 5) is 28.3. The summed E-state index contributed by atoms with van der Waals surface area (Å²) in [6, 6.07) is 13.0. The molecule has 1 amide bonds. The minimum Gasteiger partial charge on any atom is -0.481 e. The normalized spacial score (nSPS) is 21.4. The zero-order valence-electron chi connectivity index (χ0n) is 11.4. The van der Waals surface area contributed by atoms with Crippen LogP contribution in [0.5, 0.6) is 0 Å². The minimum absolute atomic E-state index is 0.148. The van der Waals surface area contributed by atoms with Gasteiger partial charge < -0.3 is 15.0 Å². The van der Waals surface area contributed by atoms with Crippen molar-refractivity contribution < 1.29 is 14.7 Å². The molecule has 1 fully saturated rings. The first-order valence-electron chi connectivity index (χ1n) is 6.87. The molecule has 5 heteroatoms. The lowest BCUT2D eigenvalue weighted by Gasteiger charge is -2.15. The van der Waals surface area contributed by atoms with Crippen molar-refractivity contribution in [1.29, 1.82) is 0 Å². The molecular weight excluding hydrogens is 268 g/mol. The van der Waals surface area contributed by atoms with Gasteiger partial charge in [0.25, 0.3) is 5.91 Å². The Morgan fingerprint density at radius 3 is 2.48 bits per heavy atom. The van der Waals surface area contributed by atoms with Crippen LogP contribution in [0.15, 0.2) is 48.7 Å². The van der Waals surface area contributed by atoms with Crippen molar-refractivity contribution >= 4 is 11.9 Å². The van der Waals surface area contributed by atoms with Crippen LogP contribution in [0.4, 0.5) is 0 Å². The summed E-state index contributed by atoms with van der Waals surface area (Å²) in [6.07, 6.45) is 1.69. The number of nitrogens with zero attached hydrogens (tertiary/aromatic N) is 1. The van der Waals surface area contributed by atoms with E-state index in [0.717, 1.165) is 5.56 Å². The Kier molecular flexibility index (Phi) is 3.48. The molecule has 0 spiro atoms. The van der Waals surface area contributed by atoms with Crippen LogP contribution in [0.2, 0.25) is 0 Å². The molecule has 1 aromatic carbocycles. The SMILES string of the molecule is O=C(O)C1CN(C(=O)c2ccc[nH]2)CC1c1ccccc1. The van der Waals surface area contributed by atoms with E-state index in [4.69, 9.17) is 0 Å². The van der Waals surface area contributed by atoms with Crippen molar-refractivity contribution in [3.8, 4) is 0 Å². The first kappa shape index (κ1) is 13.4. The zero-order chi connectivity index (χ0) is 14.8. The van der Waals surface area contributed by atoms with Crippen molar-refractivity contribution in [1.82, 2.24) is 9.88 Å². The Balaban J connectivity index is 1.85. The smallest absolute Gasteiger partial charge is 0.308 e. The van der Waals surface area contributed by atoms with Gasteiger partial charge in [-0.1, -0.05) is 30.3 Å². The Morgan fingerprint density at radius 2 is 1.86 bits per heavy atom. The number of amides is 1. The number of carbonyl (C=O) groups excluding carboxylic acids is 1. The van der Waals surface area contributed by atoms with Crippen LogP contribution in [0, 0.1) is 5.92 Å². The van der Waals surface area contributed by atoms with Crippen molar-refractivity contribution in [2.45, 2.75) is 5.92 Å². The largest absolute Gasteiger partial charge is 0.481 e. The van der Waals surface area contributed by atoms with Gasteiger partial charge in [0.2, 0.25) is 0 Å². The maximum Gasteiger partial charge on any atom is 0.308 e. The Labute approximate surface area is 122 Å². The van der Waals surface area contributed by atoms with Gasteiger partial charge in [-0.15, -0.1) is 0 Å². The van der Waals surface area contributed by atoms with Crippen LogP contribution in [-0.2, 0) is 4.79 Å². The van der Waals surface area contributed by atoms with Crippen LogP contribution in [0.1, 0.15) is 22.0 Å². The quantitative estimate of drug-likeness (QED) is 0.904. The monoisotopic (exact) mass is 284 g/mol. The second kappa shape index (κ2) is 5.44. The van der Waals surface area contributed by atoms with E-state index in [-0.39, 0.29) is 18.4 Å². The summed E-state index contributed by atoms with van der Waals surface area (Å²) >= 11 is 0. The van der Waals surface area contributed by atoms with E-state index in [0.29, 0.717) is 12.2 Å². The van der Waals surface area contributed by atoms with Crippen molar-refractivity contribution in [3.05, 3.63) is 59.9 Å². The van der Waals surface area contributed by atoms with Crippen molar-refractivity contribution in [3.63, 3.8) is 0 Å². The van der Waals surface area contributed by atoms with Gasteiger partial charge in [0, 0.05) is 25.2 Å². The van der Waals surface area contributed by atoms with Crippen molar-refractivity contribution in [2.24, 2.45) is 5.92 Å². The maximum absolute atomic E-state index is 12.4. The highest BCUT2D eigenvalue weighted by Gasteiger charge is 2.40. The van der Waals surface area contributed by atoms with Gasteiger partial charge in [0.05, 0.1) is 5.92 Å². The molecule has 1 aliphatic heterocycles. The lowest BCUT2D eigenvalue weighted by Crippen LogP contribution is -2.30. The lowest BCUT2D eigenvalue weighted by atomic mass is 9.89. The zero-order valence-corrected chi connectivity index (χ0v) is 11.4. The molecule has 2 unspecified atom stereocenters. The average molecular weight is 284 g/mol. The number of carboxylic acids is 1. The summed E-state index contributed by atoms with van der Waals surface area (Å²) in [6.45, 7) is 0.672. The predicted octanol–water partition coefficient (Wildman–Crippen LogP) is 1.96. The number of carbonyl (C=O) groups is 2. The van der Waals surface area contributed by atoms with Gasteiger partial charge in [0.1, 0.15) is 5.69 Å². The van der Waals surface area contributed by atoms with Gasteiger partial charge >= 0.3 is 5.97 Å². The summed E-state index contributed by atoms with van der Waals surface area (Å²) in [5.41, 5.74) is 1.46.